The molecular weight excluding hydrogens is 302 g/mol. The number of carbonyl (C=O) groups is 1. The lowest BCUT2D eigenvalue weighted by molar-refractivity contribution is -0.115. The minimum Gasteiger partial charge on any atom is -0.352 e. The molecule has 2 aromatic rings. The predicted octanol–water partition coefficient (Wildman–Crippen LogP) is -0.708. The Hall–Kier alpha value is -2.66. The van der Waals surface area contributed by atoms with Crippen molar-refractivity contribution in [3.63, 3.8) is 0 Å². The Morgan fingerprint density at radius 1 is 1.59 bits per heavy atom. The van der Waals surface area contributed by atoms with Crippen molar-refractivity contribution in [3.8, 4) is 6.07 Å². The normalized spacial score (nSPS) is 12.9. The molecule has 0 spiro atoms. The third kappa shape index (κ3) is 2.99. The van der Waals surface area contributed by atoms with E-state index in [1.165, 1.54) is 4.57 Å². The number of amides is 1. The van der Waals surface area contributed by atoms with Crippen LogP contribution < -0.4 is 20.1 Å². The van der Waals surface area contributed by atoms with Gasteiger partial charge in [0.25, 0.3) is 11.5 Å². The first-order valence-electron chi connectivity index (χ1n) is 6.75. The first-order valence-corrected chi connectivity index (χ1v) is 7.57. The van der Waals surface area contributed by atoms with Crippen molar-refractivity contribution in [2.45, 2.75) is 20.4 Å². The average Bonchev–Trinajstić information content (AvgIpc) is 3.10. The molecule has 0 fully saturated rings. The van der Waals surface area contributed by atoms with Gasteiger partial charge in [0.05, 0.1) is 4.53 Å². The molecule has 0 aliphatic carbocycles. The van der Waals surface area contributed by atoms with E-state index in [0.29, 0.717) is 28.1 Å². The van der Waals surface area contributed by atoms with Gasteiger partial charge in [-0.25, -0.2) is 4.98 Å². The number of hydrogen-bond donors (Lipinski definition) is 2. The van der Waals surface area contributed by atoms with E-state index in [9.17, 15) is 14.9 Å². The summed E-state index contributed by atoms with van der Waals surface area (Å²) in [5, 5.41) is 11.9. The van der Waals surface area contributed by atoms with Gasteiger partial charge >= 0.3 is 0 Å². The number of nitrogens with one attached hydrogen (secondary N) is 2. The molecule has 2 rings (SSSR count). The lowest BCUT2D eigenvalue weighted by Gasteiger charge is -2.00. The maximum atomic E-state index is 12.4. The van der Waals surface area contributed by atoms with Gasteiger partial charge in [-0.3, -0.25) is 14.2 Å². The Kier molecular flexibility index (Phi) is 4.91. The molecular formula is C14H15N5O2S. The zero-order chi connectivity index (χ0) is 16.1. The minimum absolute atomic E-state index is 0.0510. The van der Waals surface area contributed by atoms with E-state index in [4.69, 9.17) is 0 Å². The maximum absolute atomic E-state index is 12.4. The molecule has 8 heteroatoms. The van der Waals surface area contributed by atoms with Gasteiger partial charge in [0.2, 0.25) is 0 Å². The Balaban J connectivity index is 2.76. The van der Waals surface area contributed by atoms with Crippen LogP contribution in [0.4, 0.5) is 0 Å². The van der Waals surface area contributed by atoms with Crippen LogP contribution in [0.3, 0.4) is 0 Å². The molecule has 0 saturated carbocycles. The van der Waals surface area contributed by atoms with Crippen LogP contribution in [0.1, 0.15) is 19.7 Å². The van der Waals surface area contributed by atoms with Crippen molar-refractivity contribution in [1.82, 2.24) is 19.9 Å². The summed E-state index contributed by atoms with van der Waals surface area (Å²) in [5.41, 5.74) is -0.291. The number of nitrogens with zero attached hydrogens (tertiary/aromatic N) is 3. The number of hydrogen-bond acceptors (Lipinski definition) is 5. The first kappa shape index (κ1) is 15.7. The van der Waals surface area contributed by atoms with Gasteiger partial charge in [0, 0.05) is 31.6 Å². The van der Waals surface area contributed by atoms with Gasteiger partial charge in [0.15, 0.2) is 5.57 Å². The summed E-state index contributed by atoms with van der Waals surface area (Å²) in [6.45, 7) is 4.35. The fourth-order valence-corrected chi connectivity index (χ4v) is 3.06. The molecule has 1 amide bonds. The standard InChI is InChI=1S/C14H15N5O2S/c1-3-16-12(20)9(8-15)14-19(4-2)13(21)10(22-14)7-11-17-5-6-18-11/h5-7H,3-4H2,1-2H3,(H,16,20)(H,17,18)/b10-7-,14-9-. The van der Waals surface area contributed by atoms with Gasteiger partial charge in [0.1, 0.15) is 16.6 Å². The Bertz CT molecular complexity index is 883. The van der Waals surface area contributed by atoms with Crippen LogP contribution in [0.15, 0.2) is 17.2 Å². The highest BCUT2D eigenvalue weighted by atomic mass is 32.1. The smallest absolute Gasteiger partial charge is 0.269 e. The van der Waals surface area contributed by atoms with Crippen molar-refractivity contribution in [2.75, 3.05) is 6.54 Å². The van der Waals surface area contributed by atoms with Crippen molar-refractivity contribution >= 4 is 28.9 Å². The molecule has 0 saturated heterocycles. The van der Waals surface area contributed by atoms with Crippen molar-refractivity contribution < 1.29 is 4.79 Å². The lowest BCUT2D eigenvalue weighted by atomic mass is 10.3. The van der Waals surface area contributed by atoms with Gasteiger partial charge in [-0.15, -0.1) is 11.3 Å². The van der Waals surface area contributed by atoms with E-state index in [1.54, 1.807) is 32.3 Å². The number of aromatic nitrogens is 3. The molecule has 0 unspecified atom stereocenters. The molecule has 0 radical (unpaired) electrons. The molecule has 0 aliphatic heterocycles. The SMILES string of the molecule is CCNC(=O)/C(C#N)=c1\s/c(=C\c2ncc[nH]2)c(=O)n1CC. The number of thiazole rings is 1. The summed E-state index contributed by atoms with van der Waals surface area (Å²) in [4.78, 5) is 31.3. The second-order valence-electron chi connectivity index (χ2n) is 4.29. The van der Waals surface area contributed by atoms with Crippen LogP contribution >= 0.6 is 11.3 Å². The van der Waals surface area contributed by atoms with E-state index in [2.05, 4.69) is 15.3 Å². The van der Waals surface area contributed by atoms with E-state index < -0.39 is 5.91 Å². The van der Waals surface area contributed by atoms with E-state index in [0.717, 1.165) is 11.3 Å². The van der Waals surface area contributed by atoms with Gasteiger partial charge in [-0.1, -0.05) is 0 Å². The third-order valence-corrected chi connectivity index (χ3v) is 4.03. The van der Waals surface area contributed by atoms with Gasteiger partial charge in [-0.05, 0) is 13.8 Å². The van der Waals surface area contributed by atoms with Crippen LogP contribution in [0.2, 0.25) is 0 Å². The molecule has 22 heavy (non-hydrogen) atoms. The second kappa shape index (κ2) is 6.87. The summed E-state index contributed by atoms with van der Waals surface area (Å²) in [6, 6.07) is 1.90. The molecule has 0 aliphatic rings. The number of imidazole rings is 1. The van der Waals surface area contributed by atoms with Crippen LogP contribution in [-0.4, -0.2) is 27.0 Å². The van der Waals surface area contributed by atoms with Crippen LogP contribution in [0.5, 0.6) is 0 Å². The lowest BCUT2D eigenvalue weighted by Crippen LogP contribution is -2.34. The average molecular weight is 317 g/mol. The fraction of sp³-hybridized carbons (Fsp3) is 0.286. The van der Waals surface area contributed by atoms with E-state index in [-0.39, 0.29) is 11.1 Å². The molecule has 2 aromatic heterocycles. The predicted molar refractivity (Wildman–Crippen MR) is 83.4 cm³/mol. The van der Waals surface area contributed by atoms with E-state index in [1.807, 2.05) is 6.07 Å². The van der Waals surface area contributed by atoms with Crippen molar-refractivity contribution in [1.29, 1.82) is 5.26 Å². The summed E-state index contributed by atoms with van der Waals surface area (Å²) < 4.78 is 2.20. The van der Waals surface area contributed by atoms with Crippen molar-refractivity contribution in [3.05, 3.63) is 37.8 Å². The van der Waals surface area contributed by atoms with Crippen molar-refractivity contribution in [2.24, 2.45) is 0 Å². The number of aromatic amines is 1. The zero-order valence-corrected chi connectivity index (χ0v) is 13.0. The van der Waals surface area contributed by atoms with Crippen LogP contribution in [0.25, 0.3) is 11.6 Å². The molecule has 0 aromatic carbocycles. The number of carbonyl (C=O) groups excluding carboxylic acids is 1. The Morgan fingerprint density at radius 3 is 2.91 bits per heavy atom. The highest BCUT2D eigenvalue weighted by Crippen LogP contribution is 1.94. The monoisotopic (exact) mass is 317 g/mol. The molecule has 0 atom stereocenters. The number of nitriles is 1. The minimum atomic E-state index is -0.474. The molecule has 2 heterocycles. The molecule has 114 valence electrons. The summed E-state index contributed by atoms with van der Waals surface area (Å²) in [5.74, 6) is 0.0719. The number of rotatable bonds is 4. The highest BCUT2D eigenvalue weighted by Gasteiger charge is 2.14. The molecule has 7 nitrogen and oxygen atoms in total. The van der Waals surface area contributed by atoms with Gasteiger partial charge in [-0.2, -0.15) is 5.26 Å². The highest BCUT2D eigenvalue weighted by molar-refractivity contribution is 7.07. The summed E-state index contributed by atoms with van der Waals surface area (Å²) in [7, 11) is 0. The van der Waals surface area contributed by atoms with Crippen LogP contribution in [-0.2, 0) is 11.3 Å². The van der Waals surface area contributed by atoms with Crippen LogP contribution in [0, 0.1) is 11.3 Å². The maximum Gasteiger partial charge on any atom is 0.269 e. The summed E-state index contributed by atoms with van der Waals surface area (Å²) >= 11 is 1.11. The third-order valence-electron chi connectivity index (χ3n) is 2.90. The topological polar surface area (TPSA) is 104 Å². The largest absolute Gasteiger partial charge is 0.352 e. The fourth-order valence-electron chi connectivity index (χ4n) is 1.92. The molecule has 0 bridgehead atoms. The van der Waals surface area contributed by atoms with Gasteiger partial charge < -0.3 is 10.3 Å². The Labute approximate surface area is 130 Å². The first-order chi connectivity index (χ1) is 10.6. The Morgan fingerprint density at radius 2 is 2.36 bits per heavy atom. The molecule has 2 N–H and O–H groups in total. The van der Waals surface area contributed by atoms with E-state index >= 15 is 0 Å². The number of H-pyrrole nitrogens is 1. The second-order valence-corrected chi connectivity index (χ2v) is 5.32. The zero-order valence-electron chi connectivity index (χ0n) is 12.2. The quantitative estimate of drug-likeness (QED) is 0.777. The summed E-state index contributed by atoms with van der Waals surface area (Å²) in [6.07, 6.45) is 4.84.